The number of nitrogens with zero attached hydrogens (tertiary/aromatic N) is 1. The molecule has 0 fully saturated rings. The topological polar surface area (TPSA) is 49.4 Å². The Labute approximate surface area is 105 Å². The maximum atomic E-state index is 11.5. The summed E-state index contributed by atoms with van der Waals surface area (Å²) < 4.78 is 0. The van der Waals surface area contributed by atoms with Gasteiger partial charge in [0.2, 0.25) is 11.8 Å². The van der Waals surface area contributed by atoms with Gasteiger partial charge in [-0.05, 0) is 12.3 Å². The number of nitrogens with one attached hydrogen (secondary N) is 1. The molecule has 0 aromatic heterocycles. The zero-order valence-electron chi connectivity index (χ0n) is 11.6. The van der Waals surface area contributed by atoms with Crippen molar-refractivity contribution in [1.29, 1.82) is 0 Å². The number of unbranched alkanes of at least 4 members (excludes halogenated alkanes) is 1. The van der Waals surface area contributed by atoms with Crippen LogP contribution in [0, 0.1) is 5.92 Å². The average molecular weight is 242 g/mol. The molecule has 0 aliphatic heterocycles. The van der Waals surface area contributed by atoms with E-state index in [-0.39, 0.29) is 11.8 Å². The molecule has 0 saturated carbocycles. The summed E-state index contributed by atoms with van der Waals surface area (Å²) in [6.07, 6.45) is 2.45. The highest BCUT2D eigenvalue weighted by atomic mass is 16.2. The molecular weight excluding hydrogens is 216 g/mol. The highest BCUT2D eigenvalue weighted by molar-refractivity contribution is 5.77. The van der Waals surface area contributed by atoms with Crippen molar-refractivity contribution in [3.63, 3.8) is 0 Å². The van der Waals surface area contributed by atoms with Gasteiger partial charge in [-0.2, -0.15) is 0 Å². The lowest BCUT2D eigenvalue weighted by atomic mass is 10.2. The van der Waals surface area contributed by atoms with E-state index in [1.54, 1.807) is 11.8 Å². The van der Waals surface area contributed by atoms with E-state index in [0.717, 1.165) is 19.4 Å². The molecular formula is C13H26N2O2. The van der Waals surface area contributed by atoms with E-state index in [2.05, 4.69) is 26.1 Å². The number of carbonyl (C=O) groups is 2. The molecule has 0 radical (unpaired) electrons. The minimum atomic E-state index is 0.0291. The normalized spacial score (nSPS) is 10.4. The van der Waals surface area contributed by atoms with Crippen LogP contribution in [0.25, 0.3) is 0 Å². The lowest BCUT2D eigenvalue weighted by Gasteiger charge is -2.20. The molecule has 0 spiro atoms. The molecule has 0 bridgehead atoms. The third-order valence-electron chi connectivity index (χ3n) is 2.54. The molecule has 17 heavy (non-hydrogen) atoms. The number of hydrogen-bond acceptors (Lipinski definition) is 2. The van der Waals surface area contributed by atoms with Crippen molar-refractivity contribution in [1.82, 2.24) is 10.2 Å². The summed E-state index contributed by atoms with van der Waals surface area (Å²) in [6.45, 7) is 9.75. The lowest BCUT2D eigenvalue weighted by molar-refractivity contribution is -0.129. The summed E-state index contributed by atoms with van der Waals surface area (Å²) in [5, 5.41) is 2.86. The van der Waals surface area contributed by atoms with Crippen molar-refractivity contribution in [2.75, 3.05) is 19.6 Å². The molecule has 2 amide bonds. The van der Waals surface area contributed by atoms with Crippen molar-refractivity contribution in [3.05, 3.63) is 0 Å². The Hall–Kier alpha value is -1.06. The van der Waals surface area contributed by atoms with E-state index in [0.29, 0.717) is 25.4 Å². The van der Waals surface area contributed by atoms with E-state index >= 15 is 0 Å². The van der Waals surface area contributed by atoms with Crippen LogP contribution >= 0.6 is 0 Å². The molecule has 100 valence electrons. The molecule has 0 atom stereocenters. The Morgan fingerprint density at radius 1 is 1.24 bits per heavy atom. The number of hydrogen-bond donors (Lipinski definition) is 1. The monoisotopic (exact) mass is 242 g/mol. The third-order valence-corrected chi connectivity index (χ3v) is 2.54. The highest BCUT2D eigenvalue weighted by Crippen LogP contribution is 1.98. The first kappa shape index (κ1) is 15.9. The van der Waals surface area contributed by atoms with Gasteiger partial charge in [-0.1, -0.05) is 27.2 Å². The molecule has 0 aliphatic carbocycles. The van der Waals surface area contributed by atoms with Gasteiger partial charge in [-0.15, -0.1) is 0 Å². The second-order valence-electron chi connectivity index (χ2n) is 4.81. The van der Waals surface area contributed by atoms with Gasteiger partial charge in [0.1, 0.15) is 0 Å². The molecule has 0 aromatic rings. The predicted molar refractivity (Wildman–Crippen MR) is 69.6 cm³/mol. The summed E-state index contributed by atoms with van der Waals surface area (Å²) in [4.78, 5) is 24.6. The predicted octanol–water partition coefficient (Wildman–Crippen LogP) is 1.80. The van der Waals surface area contributed by atoms with Crippen LogP contribution < -0.4 is 5.32 Å². The standard InChI is InChI=1S/C13H26N2O2/c1-5-6-8-15(12(4)16)9-7-13(17)14-10-11(2)3/h11H,5-10H2,1-4H3,(H,14,17). The molecule has 4 heteroatoms. The Morgan fingerprint density at radius 3 is 2.35 bits per heavy atom. The number of carbonyl (C=O) groups excluding carboxylic acids is 2. The average Bonchev–Trinajstić information content (AvgIpc) is 2.25. The van der Waals surface area contributed by atoms with Crippen molar-refractivity contribution < 1.29 is 9.59 Å². The van der Waals surface area contributed by atoms with E-state index in [1.165, 1.54) is 0 Å². The minimum absolute atomic E-state index is 0.0291. The van der Waals surface area contributed by atoms with Crippen LogP contribution in [0.5, 0.6) is 0 Å². The smallest absolute Gasteiger partial charge is 0.221 e. The van der Waals surface area contributed by atoms with Crippen LogP contribution in [0.15, 0.2) is 0 Å². The van der Waals surface area contributed by atoms with E-state index in [4.69, 9.17) is 0 Å². The maximum Gasteiger partial charge on any atom is 0.221 e. The van der Waals surface area contributed by atoms with Crippen LogP contribution in [0.2, 0.25) is 0 Å². The van der Waals surface area contributed by atoms with Crippen LogP contribution in [0.3, 0.4) is 0 Å². The van der Waals surface area contributed by atoms with Crippen molar-refractivity contribution in [2.24, 2.45) is 5.92 Å². The molecule has 0 aliphatic rings. The number of amides is 2. The van der Waals surface area contributed by atoms with Crippen molar-refractivity contribution in [2.45, 2.75) is 47.0 Å². The fourth-order valence-electron chi connectivity index (χ4n) is 1.42. The maximum absolute atomic E-state index is 11.5. The molecule has 0 unspecified atom stereocenters. The molecule has 0 rings (SSSR count). The number of rotatable bonds is 8. The van der Waals surface area contributed by atoms with Crippen LogP contribution in [-0.4, -0.2) is 36.3 Å². The van der Waals surface area contributed by atoms with Gasteiger partial charge in [-0.3, -0.25) is 9.59 Å². The van der Waals surface area contributed by atoms with Gasteiger partial charge in [0, 0.05) is 33.0 Å². The highest BCUT2D eigenvalue weighted by Gasteiger charge is 2.10. The third kappa shape index (κ3) is 8.72. The Morgan fingerprint density at radius 2 is 1.88 bits per heavy atom. The fourth-order valence-corrected chi connectivity index (χ4v) is 1.42. The summed E-state index contributed by atoms with van der Waals surface area (Å²) in [5.41, 5.74) is 0. The first-order chi connectivity index (χ1) is 7.97. The van der Waals surface area contributed by atoms with E-state index < -0.39 is 0 Å². The van der Waals surface area contributed by atoms with Gasteiger partial charge in [0.25, 0.3) is 0 Å². The Bertz CT molecular complexity index is 240. The Kier molecular flexibility index (Phi) is 8.46. The van der Waals surface area contributed by atoms with Gasteiger partial charge in [0.05, 0.1) is 0 Å². The molecule has 0 saturated heterocycles. The molecule has 0 aromatic carbocycles. The van der Waals surface area contributed by atoms with Crippen molar-refractivity contribution >= 4 is 11.8 Å². The van der Waals surface area contributed by atoms with E-state index in [9.17, 15) is 9.59 Å². The molecule has 1 N–H and O–H groups in total. The summed E-state index contributed by atoms with van der Waals surface area (Å²) >= 11 is 0. The Balaban J connectivity index is 3.87. The van der Waals surface area contributed by atoms with Crippen LogP contribution in [0.4, 0.5) is 0 Å². The van der Waals surface area contributed by atoms with Crippen molar-refractivity contribution in [3.8, 4) is 0 Å². The fraction of sp³-hybridized carbons (Fsp3) is 0.846. The summed E-state index contributed by atoms with van der Waals surface area (Å²) in [7, 11) is 0. The minimum Gasteiger partial charge on any atom is -0.356 e. The molecule has 0 heterocycles. The summed E-state index contributed by atoms with van der Waals surface area (Å²) in [5.74, 6) is 0.541. The second kappa shape index (κ2) is 9.02. The van der Waals surface area contributed by atoms with Crippen LogP contribution in [-0.2, 0) is 9.59 Å². The van der Waals surface area contributed by atoms with Gasteiger partial charge >= 0.3 is 0 Å². The second-order valence-corrected chi connectivity index (χ2v) is 4.81. The molecule has 4 nitrogen and oxygen atoms in total. The lowest BCUT2D eigenvalue weighted by Crippen LogP contribution is -2.35. The summed E-state index contributed by atoms with van der Waals surface area (Å²) in [6, 6.07) is 0. The first-order valence-corrected chi connectivity index (χ1v) is 6.49. The quantitative estimate of drug-likeness (QED) is 0.705. The van der Waals surface area contributed by atoms with Gasteiger partial charge < -0.3 is 10.2 Å². The zero-order chi connectivity index (χ0) is 13.3. The SMILES string of the molecule is CCCCN(CCC(=O)NCC(C)C)C(C)=O. The van der Waals surface area contributed by atoms with Crippen LogP contribution in [0.1, 0.15) is 47.0 Å². The van der Waals surface area contributed by atoms with Gasteiger partial charge in [-0.25, -0.2) is 0 Å². The van der Waals surface area contributed by atoms with Gasteiger partial charge in [0.15, 0.2) is 0 Å². The zero-order valence-corrected chi connectivity index (χ0v) is 11.6. The van der Waals surface area contributed by atoms with E-state index in [1.807, 2.05) is 0 Å². The first-order valence-electron chi connectivity index (χ1n) is 6.49. The largest absolute Gasteiger partial charge is 0.356 e.